The monoisotopic (exact) mass is 275 g/mol. The Labute approximate surface area is 111 Å². The van der Waals surface area contributed by atoms with Crippen LogP contribution in [0.15, 0.2) is 35.7 Å². The second kappa shape index (κ2) is 4.56. The standard InChI is InChI=1S/C13H7OS3/c14-8-9-3-4-12(16-9)13-6-5-11(17-13)10-2-1-7-15-10/h1-3,5-8H. The third-order valence-electron chi connectivity index (χ3n) is 2.28. The topological polar surface area (TPSA) is 17.1 Å². The van der Waals surface area contributed by atoms with Gasteiger partial charge < -0.3 is 0 Å². The fourth-order valence-corrected chi connectivity index (χ4v) is 4.19. The van der Waals surface area contributed by atoms with Gasteiger partial charge in [-0.3, -0.25) is 4.79 Å². The fraction of sp³-hybridized carbons (Fsp3) is 0. The van der Waals surface area contributed by atoms with Gasteiger partial charge in [-0.15, -0.1) is 34.0 Å². The molecule has 0 saturated carbocycles. The van der Waals surface area contributed by atoms with E-state index in [1.807, 2.05) is 0 Å². The lowest BCUT2D eigenvalue weighted by atomic mass is 10.3. The van der Waals surface area contributed by atoms with Crippen molar-refractivity contribution < 1.29 is 4.79 Å². The first kappa shape index (κ1) is 10.9. The second-order valence-corrected chi connectivity index (χ2v) is 6.50. The van der Waals surface area contributed by atoms with E-state index in [1.54, 1.807) is 28.7 Å². The SMILES string of the molecule is O=Cc1c[c]c(-c2ccc(-c3cccs3)s2)s1. The molecule has 3 aromatic rings. The molecule has 3 rings (SSSR count). The van der Waals surface area contributed by atoms with Crippen LogP contribution >= 0.6 is 34.0 Å². The highest BCUT2D eigenvalue weighted by Gasteiger charge is 2.08. The first-order chi connectivity index (χ1) is 8.36. The number of hydrogen-bond acceptors (Lipinski definition) is 4. The first-order valence-electron chi connectivity index (χ1n) is 4.97. The Morgan fingerprint density at radius 1 is 1.06 bits per heavy atom. The molecule has 0 N–H and O–H groups in total. The molecule has 0 fully saturated rings. The molecule has 0 atom stereocenters. The Bertz CT molecular complexity index is 631. The number of carbonyl (C=O) groups excluding carboxylic acids is 1. The zero-order valence-corrected chi connectivity index (χ0v) is 11.1. The summed E-state index contributed by atoms with van der Waals surface area (Å²) in [5.41, 5.74) is 0. The van der Waals surface area contributed by atoms with Gasteiger partial charge in [0.2, 0.25) is 0 Å². The van der Waals surface area contributed by atoms with E-state index in [0.717, 1.165) is 16.0 Å². The summed E-state index contributed by atoms with van der Waals surface area (Å²) < 4.78 is 0. The molecule has 0 saturated heterocycles. The van der Waals surface area contributed by atoms with Gasteiger partial charge in [-0.1, -0.05) is 6.07 Å². The molecule has 4 heteroatoms. The lowest BCUT2D eigenvalue weighted by Gasteiger charge is -1.89. The molecule has 3 aromatic heterocycles. The van der Waals surface area contributed by atoms with Gasteiger partial charge in [0.05, 0.1) is 9.75 Å². The number of carbonyl (C=O) groups is 1. The molecular formula is C13H7OS3. The summed E-state index contributed by atoms with van der Waals surface area (Å²) in [6, 6.07) is 13.3. The molecule has 0 spiro atoms. The normalized spacial score (nSPS) is 10.6. The van der Waals surface area contributed by atoms with E-state index >= 15 is 0 Å². The van der Waals surface area contributed by atoms with Gasteiger partial charge in [-0.05, 0) is 29.6 Å². The molecule has 17 heavy (non-hydrogen) atoms. The number of rotatable bonds is 3. The van der Waals surface area contributed by atoms with Crippen molar-refractivity contribution in [3.63, 3.8) is 0 Å². The molecule has 0 aliphatic rings. The van der Waals surface area contributed by atoms with Crippen molar-refractivity contribution in [1.29, 1.82) is 0 Å². The lowest BCUT2D eigenvalue weighted by molar-refractivity contribution is 0.112. The van der Waals surface area contributed by atoms with Crippen LogP contribution in [0.2, 0.25) is 0 Å². The van der Waals surface area contributed by atoms with Gasteiger partial charge in [-0.25, -0.2) is 0 Å². The third-order valence-corrected chi connectivity index (χ3v) is 5.56. The van der Waals surface area contributed by atoms with E-state index in [1.165, 1.54) is 26.0 Å². The Balaban J connectivity index is 1.97. The van der Waals surface area contributed by atoms with Crippen LogP contribution < -0.4 is 0 Å². The Morgan fingerprint density at radius 2 is 1.94 bits per heavy atom. The molecule has 0 bridgehead atoms. The van der Waals surface area contributed by atoms with Crippen molar-refractivity contribution in [3.8, 4) is 19.5 Å². The predicted octanol–water partition coefficient (Wildman–Crippen LogP) is 4.82. The Morgan fingerprint density at radius 3 is 2.65 bits per heavy atom. The van der Waals surface area contributed by atoms with Gasteiger partial charge in [0, 0.05) is 20.7 Å². The van der Waals surface area contributed by atoms with Crippen LogP contribution in [0.1, 0.15) is 9.67 Å². The van der Waals surface area contributed by atoms with E-state index in [0.29, 0.717) is 0 Å². The van der Waals surface area contributed by atoms with Crippen molar-refractivity contribution in [2.24, 2.45) is 0 Å². The molecule has 0 aromatic carbocycles. The maximum atomic E-state index is 10.6. The third kappa shape index (κ3) is 2.11. The summed E-state index contributed by atoms with van der Waals surface area (Å²) in [5.74, 6) is 0. The van der Waals surface area contributed by atoms with Crippen LogP contribution in [0, 0.1) is 6.07 Å². The lowest BCUT2D eigenvalue weighted by Crippen LogP contribution is -1.62. The van der Waals surface area contributed by atoms with Crippen molar-refractivity contribution in [2.75, 3.05) is 0 Å². The molecule has 0 aliphatic carbocycles. The predicted molar refractivity (Wildman–Crippen MR) is 75.2 cm³/mol. The van der Waals surface area contributed by atoms with E-state index < -0.39 is 0 Å². The first-order valence-corrected chi connectivity index (χ1v) is 7.49. The maximum Gasteiger partial charge on any atom is 0.160 e. The van der Waals surface area contributed by atoms with Crippen LogP contribution in [0.4, 0.5) is 0 Å². The smallest absolute Gasteiger partial charge is 0.160 e. The second-order valence-electron chi connectivity index (χ2n) is 3.38. The summed E-state index contributed by atoms with van der Waals surface area (Å²) in [6.07, 6.45) is 0.873. The minimum atomic E-state index is 0.728. The highest BCUT2D eigenvalue weighted by atomic mass is 32.1. The molecule has 3 heterocycles. The van der Waals surface area contributed by atoms with Crippen molar-refractivity contribution in [3.05, 3.63) is 46.7 Å². The quantitative estimate of drug-likeness (QED) is 0.626. The molecule has 1 nitrogen and oxygen atoms in total. The van der Waals surface area contributed by atoms with Crippen molar-refractivity contribution in [2.45, 2.75) is 0 Å². The molecule has 83 valence electrons. The maximum absolute atomic E-state index is 10.6. The largest absolute Gasteiger partial charge is 0.297 e. The van der Waals surface area contributed by atoms with Crippen molar-refractivity contribution in [1.82, 2.24) is 0 Å². The zero-order chi connectivity index (χ0) is 11.7. The van der Waals surface area contributed by atoms with Crippen molar-refractivity contribution >= 4 is 40.3 Å². The summed E-state index contributed by atoms with van der Waals surface area (Å²) in [7, 11) is 0. The van der Waals surface area contributed by atoms with Gasteiger partial charge >= 0.3 is 0 Å². The van der Waals surface area contributed by atoms with Crippen LogP contribution in [-0.2, 0) is 0 Å². The Kier molecular flexibility index (Phi) is 2.93. The number of aldehydes is 1. The van der Waals surface area contributed by atoms with E-state index in [9.17, 15) is 4.79 Å². The van der Waals surface area contributed by atoms with Crippen LogP contribution in [0.3, 0.4) is 0 Å². The van der Waals surface area contributed by atoms with Gasteiger partial charge in [0.1, 0.15) is 0 Å². The van der Waals surface area contributed by atoms with Gasteiger partial charge in [0.25, 0.3) is 0 Å². The van der Waals surface area contributed by atoms with E-state index in [4.69, 9.17) is 0 Å². The summed E-state index contributed by atoms with van der Waals surface area (Å²) in [6.45, 7) is 0. The van der Waals surface area contributed by atoms with E-state index in [2.05, 4.69) is 35.7 Å². The minimum Gasteiger partial charge on any atom is -0.297 e. The highest BCUT2D eigenvalue weighted by molar-refractivity contribution is 7.26. The summed E-state index contributed by atoms with van der Waals surface area (Å²) in [4.78, 5) is 16.1. The summed E-state index contributed by atoms with van der Waals surface area (Å²) >= 11 is 4.97. The molecule has 0 aliphatic heterocycles. The van der Waals surface area contributed by atoms with Gasteiger partial charge in [0.15, 0.2) is 6.29 Å². The van der Waals surface area contributed by atoms with E-state index in [-0.39, 0.29) is 0 Å². The fourth-order valence-electron chi connectivity index (χ4n) is 1.50. The number of hydrogen-bond donors (Lipinski definition) is 0. The molecule has 1 radical (unpaired) electrons. The number of thiophene rings is 3. The summed E-state index contributed by atoms with van der Waals surface area (Å²) in [5, 5.41) is 2.08. The molecular weight excluding hydrogens is 268 g/mol. The highest BCUT2D eigenvalue weighted by Crippen LogP contribution is 2.38. The zero-order valence-electron chi connectivity index (χ0n) is 8.67. The van der Waals surface area contributed by atoms with Crippen LogP contribution in [0.5, 0.6) is 0 Å². The van der Waals surface area contributed by atoms with Crippen LogP contribution in [0.25, 0.3) is 19.5 Å². The van der Waals surface area contributed by atoms with Crippen LogP contribution in [-0.4, -0.2) is 6.29 Å². The average molecular weight is 275 g/mol. The van der Waals surface area contributed by atoms with Gasteiger partial charge in [-0.2, -0.15) is 0 Å². The minimum absolute atomic E-state index is 0.728. The average Bonchev–Trinajstić information content (AvgIpc) is 3.09. The molecule has 0 unspecified atom stereocenters. The molecule has 0 amide bonds. The Hall–Kier alpha value is -1.23.